The molecule has 0 aromatic carbocycles. The molecule has 1 amide bonds. The van der Waals surface area contributed by atoms with Gasteiger partial charge in [-0.2, -0.15) is 5.26 Å². The number of carbonyl (C=O) groups excluding carboxylic acids is 1. The molecule has 0 saturated heterocycles. The molecule has 0 aliphatic rings. The van der Waals surface area contributed by atoms with E-state index in [0.717, 1.165) is 11.4 Å². The Morgan fingerprint density at radius 1 is 1.00 bits per heavy atom. The first kappa shape index (κ1) is 21.2. The van der Waals surface area contributed by atoms with Gasteiger partial charge in [0.15, 0.2) is 5.69 Å². The highest BCUT2D eigenvalue weighted by Gasteiger charge is 2.12. The molecular formula is C19H26N6O. The zero-order valence-corrected chi connectivity index (χ0v) is 16.3. The average Bonchev–Trinajstić information content (AvgIpc) is 2.67. The van der Waals surface area contributed by atoms with Gasteiger partial charge in [0, 0.05) is 19.8 Å². The summed E-state index contributed by atoms with van der Waals surface area (Å²) in [5, 5.41) is 8.41. The number of carbonyl (C=O) groups is 1. The molecule has 0 fully saturated rings. The van der Waals surface area contributed by atoms with Crippen LogP contribution in [0.25, 0.3) is 0 Å². The van der Waals surface area contributed by atoms with E-state index in [-0.39, 0.29) is 5.91 Å². The van der Waals surface area contributed by atoms with Crippen molar-refractivity contribution in [2.45, 2.75) is 46.5 Å². The van der Waals surface area contributed by atoms with Crippen molar-refractivity contribution >= 4 is 5.91 Å². The molecule has 7 heteroatoms. The fourth-order valence-corrected chi connectivity index (χ4v) is 1.78. The van der Waals surface area contributed by atoms with E-state index in [1.54, 1.807) is 30.5 Å². The Labute approximate surface area is 155 Å². The molecule has 0 N–H and O–H groups in total. The summed E-state index contributed by atoms with van der Waals surface area (Å²) in [6.07, 6.45) is 6.35. The Balaban J connectivity index is 0.000000273. The maximum absolute atomic E-state index is 11.7. The van der Waals surface area contributed by atoms with Gasteiger partial charge in [-0.05, 0) is 18.8 Å². The van der Waals surface area contributed by atoms with Gasteiger partial charge in [-0.3, -0.25) is 14.8 Å². The second kappa shape index (κ2) is 10.2. The Hall–Kier alpha value is -2.88. The molecule has 2 aromatic rings. The first-order chi connectivity index (χ1) is 12.3. The molecular weight excluding hydrogens is 328 g/mol. The zero-order chi connectivity index (χ0) is 19.7. The van der Waals surface area contributed by atoms with Gasteiger partial charge < -0.3 is 4.90 Å². The number of hydrogen-bond donors (Lipinski definition) is 0. The third kappa shape index (κ3) is 6.20. The van der Waals surface area contributed by atoms with Crippen molar-refractivity contribution in [3.8, 4) is 6.07 Å². The van der Waals surface area contributed by atoms with Gasteiger partial charge in [0.1, 0.15) is 11.8 Å². The topological polar surface area (TPSA) is 95.7 Å². The van der Waals surface area contributed by atoms with Crippen molar-refractivity contribution in [2.24, 2.45) is 0 Å². The Bertz CT molecular complexity index is 732. The number of rotatable bonds is 4. The van der Waals surface area contributed by atoms with Gasteiger partial charge in [0.2, 0.25) is 0 Å². The van der Waals surface area contributed by atoms with Gasteiger partial charge in [0.05, 0.1) is 30.0 Å². The van der Waals surface area contributed by atoms with Gasteiger partial charge in [-0.1, -0.05) is 27.7 Å². The molecule has 2 heterocycles. The predicted molar refractivity (Wildman–Crippen MR) is 99.6 cm³/mol. The maximum atomic E-state index is 11.7. The molecule has 0 atom stereocenters. The van der Waals surface area contributed by atoms with Crippen LogP contribution in [0, 0.1) is 11.3 Å². The Morgan fingerprint density at radius 3 is 1.88 bits per heavy atom. The molecule has 0 aliphatic heterocycles. The lowest BCUT2D eigenvalue weighted by Crippen LogP contribution is -2.27. The highest BCUT2D eigenvalue weighted by Crippen LogP contribution is 2.10. The SMILES string of the molecule is CC(C)c1cnc(C#N)cn1.CCN(C)C(=O)c1cnc(C(C)C)cn1. The van der Waals surface area contributed by atoms with Gasteiger partial charge in [-0.25, -0.2) is 9.97 Å². The van der Waals surface area contributed by atoms with E-state index in [2.05, 4.69) is 19.9 Å². The van der Waals surface area contributed by atoms with Crippen LogP contribution < -0.4 is 0 Å². The van der Waals surface area contributed by atoms with Crippen LogP contribution in [0.5, 0.6) is 0 Å². The third-order valence-electron chi connectivity index (χ3n) is 3.68. The smallest absolute Gasteiger partial charge is 0.273 e. The molecule has 138 valence electrons. The second-order valence-electron chi connectivity index (χ2n) is 6.39. The molecule has 0 radical (unpaired) electrons. The standard InChI is InChI=1S/C11H17N3O.C8H9N3/c1-5-14(4)11(15)10-7-12-9(6-13-10)8(2)3;1-6(2)8-5-10-7(3-9)4-11-8/h6-8H,5H2,1-4H3;4-6H,1-2H3. The fraction of sp³-hybridized carbons (Fsp3) is 0.474. The number of amides is 1. The summed E-state index contributed by atoms with van der Waals surface area (Å²) in [5.74, 6) is 0.626. The predicted octanol–water partition coefficient (Wildman–Crippen LogP) is 3.16. The second-order valence-corrected chi connectivity index (χ2v) is 6.39. The summed E-state index contributed by atoms with van der Waals surface area (Å²) >= 11 is 0. The van der Waals surface area contributed by atoms with Gasteiger partial charge in [0.25, 0.3) is 5.91 Å². The lowest BCUT2D eigenvalue weighted by Gasteiger charge is -2.13. The van der Waals surface area contributed by atoms with Crippen molar-refractivity contribution < 1.29 is 4.79 Å². The maximum Gasteiger partial charge on any atom is 0.273 e. The van der Waals surface area contributed by atoms with E-state index in [4.69, 9.17) is 5.26 Å². The molecule has 0 aliphatic carbocycles. The molecule has 0 unspecified atom stereocenters. The number of aromatic nitrogens is 4. The quantitative estimate of drug-likeness (QED) is 0.837. The van der Waals surface area contributed by atoms with Gasteiger partial charge >= 0.3 is 0 Å². The molecule has 0 saturated carbocycles. The van der Waals surface area contributed by atoms with E-state index < -0.39 is 0 Å². The number of nitrogens with zero attached hydrogens (tertiary/aromatic N) is 6. The Kier molecular flexibility index (Phi) is 8.29. The molecule has 2 rings (SSSR count). The van der Waals surface area contributed by atoms with Crippen LogP contribution in [-0.4, -0.2) is 44.3 Å². The van der Waals surface area contributed by atoms with E-state index in [9.17, 15) is 4.79 Å². The summed E-state index contributed by atoms with van der Waals surface area (Å²) in [6.45, 7) is 10.8. The average molecular weight is 354 g/mol. The zero-order valence-electron chi connectivity index (χ0n) is 16.3. The summed E-state index contributed by atoms with van der Waals surface area (Å²) in [7, 11) is 1.75. The van der Waals surface area contributed by atoms with Crippen molar-refractivity contribution in [2.75, 3.05) is 13.6 Å². The molecule has 0 spiro atoms. The minimum atomic E-state index is -0.0830. The van der Waals surface area contributed by atoms with Crippen molar-refractivity contribution in [1.29, 1.82) is 5.26 Å². The van der Waals surface area contributed by atoms with E-state index in [0.29, 0.717) is 29.8 Å². The van der Waals surface area contributed by atoms with Crippen molar-refractivity contribution in [1.82, 2.24) is 24.8 Å². The molecule has 2 aromatic heterocycles. The number of nitriles is 1. The van der Waals surface area contributed by atoms with Crippen LogP contribution >= 0.6 is 0 Å². The lowest BCUT2D eigenvalue weighted by molar-refractivity contribution is 0.0796. The highest BCUT2D eigenvalue weighted by atomic mass is 16.2. The first-order valence-electron chi connectivity index (χ1n) is 8.59. The third-order valence-corrected chi connectivity index (χ3v) is 3.68. The highest BCUT2D eigenvalue weighted by molar-refractivity contribution is 5.91. The van der Waals surface area contributed by atoms with Gasteiger partial charge in [-0.15, -0.1) is 0 Å². The monoisotopic (exact) mass is 354 g/mol. The minimum absolute atomic E-state index is 0.0830. The van der Waals surface area contributed by atoms with E-state index in [1.165, 1.54) is 6.20 Å². The van der Waals surface area contributed by atoms with Crippen LogP contribution in [0.3, 0.4) is 0 Å². The van der Waals surface area contributed by atoms with Crippen LogP contribution in [0.2, 0.25) is 0 Å². The van der Waals surface area contributed by atoms with Crippen molar-refractivity contribution in [3.05, 3.63) is 47.6 Å². The minimum Gasteiger partial charge on any atom is -0.341 e. The Morgan fingerprint density at radius 2 is 1.54 bits per heavy atom. The lowest BCUT2D eigenvalue weighted by atomic mass is 10.1. The van der Waals surface area contributed by atoms with Crippen LogP contribution in [-0.2, 0) is 0 Å². The summed E-state index contributed by atoms with van der Waals surface area (Å²) in [4.78, 5) is 29.6. The summed E-state index contributed by atoms with van der Waals surface area (Å²) in [5.41, 5.74) is 2.60. The molecule has 7 nitrogen and oxygen atoms in total. The van der Waals surface area contributed by atoms with Crippen LogP contribution in [0.15, 0.2) is 24.8 Å². The van der Waals surface area contributed by atoms with Crippen LogP contribution in [0.1, 0.15) is 74.0 Å². The molecule has 26 heavy (non-hydrogen) atoms. The van der Waals surface area contributed by atoms with E-state index in [1.807, 2.05) is 40.7 Å². The van der Waals surface area contributed by atoms with E-state index >= 15 is 0 Å². The van der Waals surface area contributed by atoms with Crippen molar-refractivity contribution in [3.63, 3.8) is 0 Å². The fourth-order valence-electron chi connectivity index (χ4n) is 1.78. The summed E-state index contributed by atoms with van der Waals surface area (Å²) < 4.78 is 0. The largest absolute Gasteiger partial charge is 0.341 e. The van der Waals surface area contributed by atoms with Crippen LogP contribution in [0.4, 0.5) is 0 Å². The number of hydrogen-bond acceptors (Lipinski definition) is 6. The summed E-state index contributed by atoms with van der Waals surface area (Å²) in [6, 6.07) is 1.92. The molecule has 0 bridgehead atoms. The first-order valence-corrected chi connectivity index (χ1v) is 8.59. The normalized spacial score (nSPS) is 10.1.